The summed E-state index contributed by atoms with van der Waals surface area (Å²) in [5.74, 6) is -0.00480. The van der Waals surface area contributed by atoms with Crippen molar-refractivity contribution >= 4 is 23.3 Å². The predicted molar refractivity (Wildman–Crippen MR) is 105 cm³/mol. The van der Waals surface area contributed by atoms with Crippen molar-refractivity contribution in [2.24, 2.45) is 21.5 Å². The minimum absolute atomic E-state index is 0.157. The number of aliphatic hydroxyl groups is 1. The van der Waals surface area contributed by atoms with E-state index in [-0.39, 0.29) is 23.8 Å². The van der Waals surface area contributed by atoms with E-state index >= 15 is 4.39 Å². The number of piperidine rings is 1. The van der Waals surface area contributed by atoms with Crippen LogP contribution in [0, 0.1) is 5.82 Å². The Hall–Kier alpha value is -2.35. The number of nitrogens with zero attached hydrogens (tertiary/aromatic N) is 4. The quantitative estimate of drug-likeness (QED) is 0.733. The van der Waals surface area contributed by atoms with Crippen LogP contribution in [0.2, 0.25) is 0 Å². The van der Waals surface area contributed by atoms with Crippen LogP contribution in [0.5, 0.6) is 0 Å². The lowest BCUT2D eigenvalue weighted by molar-refractivity contribution is 0.145. The van der Waals surface area contributed by atoms with Gasteiger partial charge in [-0.1, -0.05) is 12.5 Å². The third-order valence-corrected chi connectivity index (χ3v) is 5.85. The highest BCUT2D eigenvalue weighted by molar-refractivity contribution is 6.07. The normalized spacial score (nSPS) is 23.3. The molecule has 2 heterocycles. The molecule has 1 aromatic carbocycles. The number of rotatable bonds is 2. The second-order valence-corrected chi connectivity index (χ2v) is 7.64. The Morgan fingerprint density at radius 2 is 1.81 bits per heavy atom. The molecule has 0 atom stereocenters. The third kappa shape index (κ3) is 3.22. The van der Waals surface area contributed by atoms with Gasteiger partial charge >= 0.3 is 0 Å². The zero-order chi connectivity index (χ0) is 19.0. The van der Waals surface area contributed by atoms with E-state index in [4.69, 9.17) is 11.5 Å². The first-order valence-electron chi connectivity index (χ1n) is 9.71. The first-order valence-corrected chi connectivity index (χ1v) is 9.71. The van der Waals surface area contributed by atoms with E-state index in [1.807, 2.05) is 6.07 Å². The lowest BCUT2D eigenvalue weighted by Gasteiger charge is -2.47. The van der Waals surface area contributed by atoms with Crippen LogP contribution in [-0.4, -0.2) is 41.9 Å². The summed E-state index contributed by atoms with van der Waals surface area (Å²) in [4.78, 5) is 12.7. The molecule has 0 bridgehead atoms. The molecule has 1 spiro atoms. The molecule has 146 valence electrons. The molecular weight excluding hydrogens is 347 g/mol. The number of halogens is 1. The van der Waals surface area contributed by atoms with Gasteiger partial charge in [0.25, 0.3) is 0 Å². The molecule has 3 aliphatic rings. The number of anilines is 2. The van der Waals surface area contributed by atoms with Gasteiger partial charge in [-0.3, -0.25) is 4.90 Å². The van der Waals surface area contributed by atoms with E-state index in [0.717, 1.165) is 37.8 Å². The standard InChI is InChI=1S/C19H27FN6O/c20-14-5-4-6-15(25-11-7-13(27)8-12-25)16(14)26-18(22)23-17(21)24-19(26)9-2-1-3-10-19/h4-6,13,27H,1-3,7-12H2,(H4,21,22,23,24). The van der Waals surface area contributed by atoms with E-state index in [9.17, 15) is 5.11 Å². The highest BCUT2D eigenvalue weighted by Crippen LogP contribution is 2.44. The molecule has 0 radical (unpaired) electrons. The SMILES string of the molecule is NC1=NC2(CCCCC2)N(c2c(F)cccc2N2CCC(O)CC2)C(N)=N1. The minimum atomic E-state index is -0.680. The Kier molecular flexibility index (Phi) is 4.67. The number of aliphatic hydroxyl groups excluding tert-OH is 1. The van der Waals surface area contributed by atoms with Crippen LogP contribution in [-0.2, 0) is 0 Å². The van der Waals surface area contributed by atoms with Crippen molar-refractivity contribution in [1.29, 1.82) is 0 Å². The van der Waals surface area contributed by atoms with E-state index in [0.29, 0.717) is 31.6 Å². The van der Waals surface area contributed by atoms with Gasteiger partial charge in [0.15, 0.2) is 0 Å². The van der Waals surface area contributed by atoms with Crippen LogP contribution in [0.15, 0.2) is 28.2 Å². The third-order valence-electron chi connectivity index (χ3n) is 5.85. The average Bonchev–Trinajstić information content (AvgIpc) is 2.64. The summed E-state index contributed by atoms with van der Waals surface area (Å²) >= 11 is 0. The zero-order valence-electron chi connectivity index (χ0n) is 15.4. The molecule has 27 heavy (non-hydrogen) atoms. The molecule has 1 saturated heterocycles. The average molecular weight is 374 g/mol. The van der Waals surface area contributed by atoms with Crippen LogP contribution in [0.1, 0.15) is 44.9 Å². The molecule has 1 saturated carbocycles. The van der Waals surface area contributed by atoms with Gasteiger partial charge in [0.05, 0.1) is 11.8 Å². The first kappa shape index (κ1) is 18.0. The van der Waals surface area contributed by atoms with Gasteiger partial charge < -0.3 is 21.5 Å². The summed E-state index contributed by atoms with van der Waals surface area (Å²) < 4.78 is 15.2. The number of benzene rings is 1. The summed E-state index contributed by atoms with van der Waals surface area (Å²) in [5.41, 5.74) is 12.7. The number of hydrogen-bond acceptors (Lipinski definition) is 7. The van der Waals surface area contributed by atoms with Crippen molar-refractivity contribution in [2.75, 3.05) is 22.9 Å². The summed E-state index contributed by atoms with van der Waals surface area (Å²) in [6.45, 7) is 1.34. The fraction of sp³-hybridized carbons (Fsp3) is 0.579. The topological polar surface area (TPSA) is 103 Å². The van der Waals surface area contributed by atoms with Crippen LogP contribution in [0.25, 0.3) is 0 Å². The van der Waals surface area contributed by atoms with Crippen molar-refractivity contribution in [1.82, 2.24) is 0 Å². The molecule has 8 heteroatoms. The summed E-state index contributed by atoms with van der Waals surface area (Å²) in [5, 5.41) is 9.83. The molecule has 1 aliphatic carbocycles. The van der Waals surface area contributed by atoms with Gasteiger partial charge in [-0.2, -0.15) is 4.99 Å². The number of nitrogens with two attached hydrogens (primary N) is 2. The molecule has 1 aromatic rings. The van der Waals surface area contributed by atoms with Gasteiger partial charge in [0.2, 0.25) is 11.9 Å². The second-order valence-electron chi connectivity index (χ2n) is 7.64. The Labute approximate surface area is 158 Å². The summed E-state index contributed by atoms with van der Waals surface area (Å²) in [6, 6.07) is 5.06. The Balaban J connectivity index is 1.80. The molecule has 2 fully saturated rings. The molecule has 0 aromatic heterocycles. The lowest BCUT2D eigenvalue weighted by atomic mass is 9.87. The van der Waals surface area contributed by atoms with Crippen LogP contribution in [0.4, 0.5) is 15.8 Å². The number of guanidine groups is 2. The highest BCUT2D eigenvalue weighted by atomic mass is 19.1. The maximum atomic E-state index is 15.2. The maximum absolute atomic E-state index is 15.2. The molecule has 7 nitrogen and oxygen atoms in total. The lowest BCUT2D eigenvalue weighted by Crippen LogP contribution is -2.59. The summed E-state index contributed by atoms with van der Waals surface area (Å²) in [7, 11) is 0. The van der Waals surface area contributed by atoms with E-state index < -0.39 is 5.66 Å². The maximum Gasteiger partial charge on any atom is 0.220 e. The van der Waals surface area contributed by atoms with Gasteiger partial charge in [-0.15, -0.1) is 0 Å². The monoisotopic (exact) mass is 374 g/mol. The molecule has 4 rings (SSSR count). The Bertz CT molecular complexity index is 765. The van der Waals surface area contributed by atoms with E-state index in [2.05, 4.69) is 14.9 Å². The van der Waals surface area contributed by atoms with Crippen molar-refractivity contribution in [3.8, 4) is 0 Å². The largest absolute Gasteiger partial charge is 0.393 e. The van der Waals surface area contributed by atoms with E-state index in [1.54, 1.807) is 11.0 Å². The van der Waals surface area contributed by atoms with Crippen molar-refractivity contribution < 1.29 is 9.50 Å². The van der Waals surface area contributed by atoms with Crippen molar-refractivity contribution in [2.45, 2.75) is 56.7 Å². The van der Waals surface area contributed by atoms with Crippen molar-refractivity contribution in [3.05, 3.63) is 24.0 Å². The molecule has 0 amide bonds. The molecular formula is C19H27FN6O. The molecule has 0 unspecified atom stereocenters. The molecule has 5 N–H and O–H groups in total. The van der Waals surface area contributed by atoms with Gasteiger partial charge in [-0.25, -0.2) is 9.38 Å². The van der Waals surface area contributed by atoms with Crippen LogP contribution in [0.3, 0.4) is 0 Å². The Morgan fingerprint density at radius 3 is 2.52 bits per heavy atom. The number of para-hydroxylation sites is 1. The first-order chi connectivity index (χ1) is 13.0. The van der Waals surface area contributed by atoms with Crippen LogP contribution < -0.4 is 21.3 Å². The zero-order valence-corrected chi connectivity index (χ0v) is 15.4. The molecule has 2 aliphatic heterocycles. The number of aliphatic imine (C=N–C) groups is 2. The van der Waals surface area contributed by atoms with Gasteiger partial charge in [-0.05, 0) is 50.7 Å². The predicted octanol–water partition coefficient (Wildman–Crippen LogP) is 1.90. The summed E-state index contributed by atoms with van der Waals surface area (Å²) in [6.07, 6.45) is 5.64. The van der Waals surface area contributed by atoms with E-state index in [1.165, 1.54) is 6.07 Å². The number of hydrogen-bond donors (Lipinski definition) is 3. The highest BCUT2D eigenvalue weighted by Gasteiger charge is 2.44. The van der Waals surface area contributed by atoms with Crippen LogP contribution >= 0.6 is 0 Å². The Morgan fingerprint density at radius 1 is 1.11 bits per heavy atom. The fourth-order valence-electron chi connectivity index (χ4n) is 4.53. The smallest absolute Gasteiger partial charge is 0.220 e. The van der Waals surface area contributed by atoms with Gasteiger partial charge in [0.1, 0.15) is 17.2 Å². The van der Waals surface area contributed by atoms with Crippen molar-refractivity contribution in [3.63, 3.8) is 0 Å². The minimum Gasteiger partial charge on any atom is -0.393 e. The second kappa shape index (κ2) is 6.99. The van der Waals surface area contributed by atoms with Gasteiger partial charge in [0, 0.05) is 13.1 Å². The fourth-order valence-corrected chi connectivity index (χ4v) is 4.53.